The average Bonchev–Trinajstić information content (AvgIpc) is 2.36. The molecule has 0 aliphatic rings. The van der Waals surface area contributed by atoms with Crippen LogP contribution >= 0.6 is 0 Å². The van der Waals surface area contributed by atoms with E-state index in [1.54, 1.807) is 14.1 Å². The predicted molar refractivity (Wildman–Crippen MR) is 81.7 cm³/mol. The van der Waals surface area contributed by atoms with Crippen molar-refractivity contribution in [3.8, 4) is 0 Å². The first kappa shape index (κ1) is 16.0. The van der Waals surface area contributed by atoms with E-state index < -0.39 is 0 Å². The molecule has 2 N–H and O–H groups in total. The van der Waals surface area contributed by atoms with Gasteiger partial charge in [0.15, 0.2) is 0 Å². The van der Waals surface area contributed by atoms with Crippen LogP contribution < -0.4 is 10.6 Å². The summed E-state index contributed by atoms with van der Waals surface area (Å²) in [6.45, 7) is 4.27. The SMILES string of the molecule is CC(C)CC(=O)Nc1ccc(NCC(=O)N(C)C)cc1. The fourth-order valence-corrected chi connectivity index (χ4v) is 1.59. The lowest BCUT2D eigenvalue weighted by molar-refractivity contribution is -0.126. The van der Waals surface area contributed by atoms with Crippen molar-refractivity contribution in [1.29, 1.82) is 0 Å². The molecule has 2 amide bonds. The van der Waals surface area contributed by atoms with Gasteiger partial charge in [-0.3, -0.25) is 9.59 Å². The Bertz CT molecular complexity index is 453. The number of carbonyl (C=O) groups excluding carboxylic acids is 2. The number of rotatable bonds is 6. The van der Waals surface area contributed by atoms with E-state index in [4.69, 9.17) is 0 Å². The van der Waals surface area contributed by atoms with E-state index in [1.165, 1.54) is 4.90 Å². The molecule has 0 unspecified atom stereocenters. The van der Waals surface area contributed by atoms with Gasteiger partial charge >= 0.3 is 0 Å². The molecule has 0 atom stereocenters. The first-order chi connectivity index (χ1) is 9.38. The van der Waals surface area contributed by atoms with Crippen molar-refractivity contribution in [3.63, 3.8) is 0 Å². The Morgan fingerprint density at radius 3 is 2.15 bits per heavy atom. The van der Waals surface area contributed by atoms with E-state index in [-0.39, 0.29) is 18.4 Å². The molecule has 5 nitrogen and oxygen atoms in total. The summed E-state index contributed by atoms with van der Waals surface area (Å²) in [4.78, 5) is 24.6. The summed E-state index contributed by atoms with van der Waals surface area (Å²) in [6.07, 6.45) is 0.511. The van der Waals surface area contributed by atoms with Crippen LogP contribution in [0.2, 0.25) is 0 Å². The second kappa shape index (κ2) is 7.53. The number of hydrogen-bond acceptors (Lipinski definition) is 3. The molecule has 0 saturated heterocycles. The number of nitrogens with zero attached hydrogens (tertiary/aromatic N) is 1. The molecular formula is C15H23N3O2. The van der Waals surface area contributed by atoms with Crippen LogP contribution in [-0.2, 0) is 9.59 Å². The fraction of sp³-hybridized carbons (Fsp3) is 0.467. The Labute approximate surface area is 120 Å². The lowest BCUT2D eigenvalue weighted by Gasteiger charge is -2.12. The van der Waals surface area contributed by atoms with E-state index >= 15 is 0 Å². The van der Waals surface area contributed by atoms with E-state index in [0.717, 1.165) is 11.4 Å². The monoisotopic (exact) mass is 277 g/mol. The summed E-state index contributed by atoms with van der Waals surface area (Å²) in [6, 6.07) is 7.32. The van der Waals surface area contributed by atoms with Gasteiger partial charge in [-0.2, -0.15) is 0 Å². The molecule has 0 aliphatic carbocycles. The molecule has 110 valence electrons. The molecule has 1 aromatic carbocycles. The van der Waals surface area contributed by atoms with Gasteiger partial charge in [-0.1, -0.05) is 13.8 Å². The second-order valence-corrected chi connectivity index (χ2v) is 5.37. The third-order valence-electron chi connectivity index (χ3n) is 2.70. The number of carbonyl (C=O) groups is 2. The van der Waals surface area contributed by atoms with Crippen molar-refractivity contribution in [1.82, 2.24) is 4.90 Å². The van der Waals surface area contributed by atoms with Crippen molar-refractivity contribution >= 4 is 23.2 Å². The van der Waals surface area contributed by atoms with Gasteiger partial charge in [-0.05, 0) is 30.2 Å². The summed E-state index contributed by atoms with van der Waals surface area (Å²) in [5.74, 6) is 0.371. The molecule has 0 aliphatic heterocycles. The number of anilines is 2. The minimum Gasteiger partial charge on any atom is -0.376 e. The van der Waals surface area contributed by atoms with E-state index in [0.29, 0.717) is 12.3 Å². The highest BCUT2D eigenvalue weighted by Gasteiger charge is 2.06. The van der Waals surface area contributed by atoms with Gasteiger partial charge in [0.2, 0.25) is 11.8 Å². The maximum Gasteiger partial charge on any atom is 0.241 e. The standard InChI is InChI=1S/C15H23N3O2/c1-11(2)9-14(19)17-13-7-5-12(6-8-13)16-10-15(20)18(3)4/h5-8,11,16H,9-10H2,1-4H3,(H,17,19). The zero-order valence-electron chi connectivity index (χ0n) is 12.6. The fourth-order valence-electron chi connectivity index (χ4n) is 1.59. The van der Waals surface area contributed by atoms with E-state index in [1.807, 2.05) is 38.1 Å². The van der Waals surface area contributed by atoms with Crippen molar-refractivity contribution in [3.05, 3.63) is 24.3 Å². The first-order valence-corrected chi connectivity index (χ1v) is 6.72. The molecule has 20 heavy (non-hydrogen) atoms. The van der Waals surface area contributed by atoms with Gasteiger partial charge in [-0.25, -0.2) is 0 Å². The Morgan fingerprint density at radius 1 is 1.10 bits per heavy atom. The number of benzene rings is 1. The van der Waals surface area contributed by atoms with Crippen LogP contribution in [-0.4, -0.2) is 37.4 Å². The summed E-state index contributed by atoms with van der Waals surface area (Å²) in [7, 11) is 3.44. The quantitative estimate of drug-likeness (QED) is 0.837. The van der Waals surface area contributed by atoms with Crippen LogP contribution in [0.1, 0.15) is 20.3 Å². The third kappa shape index (κ3) is 5.73. The summed E-state index contributed by atoms with van der Waals surface area (Å²) < 4.78 is 0. The van der Waals surface area contributed by atoms with Crippen LogP contribution in [0.5, 0.6) is 0 Å². The third-order valence-corrected chi connectivity index (χ3v) is 2.70. The Kier molecular flexibility index (Phi) is 6.03. The maximum absolute atomic E-state index is 11.6. The van der Waals surface area contributed by atoms with Gasteiger partial charge in [0, 0.05) is 31.9 Å². The average molecular weight is 277 g/mol. The van der Waals surface area contributed by atoms with E-state index in [9.17, 15) is 9.59 Å². The lowest BCUT2D eigenvalue weighted by Crippen LogP contribution is -2.28. The van der Waals surface area contributed by atoms with Gasteiger partial charge in [0.1, 0.15) is 0 Å². The minimum atomic E-state index is 0.0133. The summed E-state index contributed by atoms with van der Waals surface area (Å²) in [5, 5.41) is 5.88. The van der Waals surface area contributed by atoms with Crippen molar-refractivity contribution in [2.75, 3.05) is 31.3 Å². The number of amides is 2. The summed E-state index contributed by atoms with van der Waals surface area (Å²) >= 11 is 0. The van der Waals surface area contributed by atoms with Crippen LogP contribution in [0, 0.1) is 5.92 Å². The van der Waals surface area contributed by atoms with Crippen molar-refractivity contribution < 1.29 is 9.59 Å². The normalized spacial score (nSPS) is 10.2. The number of hydrogen-bond donors (Lipinski definition) is 2. The number of nitrogens with one attached hydrogen (secondary N) is 2. The molecule has 0 heterocycles. The zero-order valence-corrected chi connectivity index (χ0v) is 12.6. The largest absolute Gasteiger partial charge is 0.376 e. The van der Waals surface area contributed by atoms with Gasteiger partial charge in [0.05, 0.1) is 6.54 Å². The van der Waals surface area contributed by atoms with Crippen LogP contribution in [0.4, 0.5) is 11.4 Å². The molecule has 0 fully saturated rings. The minimum absolute atomic E-state index is 0.0133. The van der Waals surface area contributed by atoms with Crippen molar-refractivity contribution in [2.24, 2.45) is 5.92 Å². The van der Waals surface area contributed by atoms with Gasteiger partial charge in [-0.15, -0.1) is 0 Å². The molecule has 0 radical (unpaired) electrons. The zero-order chi connectivity index (χ0) is 15.1. The summed E-state index contributed by atoms with van der Waals surface area (Å²) in [5.41, 5.74) is 1.61. The molecule has 0 spiro atoms. The second-order valence-electron chi connectivity index (χ2n) is 5.37. The van der Waals surface area contributed by atoms with Gasteiger partial charge < -0.3 is 15.5 Å². The Morgan fingerprint density at radius 2 is 1.65 bits per heavy atom. The van der Waals surface area contributed by atoms with Gasteiger partial charge in [0.25, 0.3) is 0 Å². The predicted octanol–water partition coefficient (Wildman–Crippen LogP) is 2.17. The molecule has 0 aromatic heterocycles. The van der Waals surface area contributed by atoms with E-state index in [2.05, 4.69) is 10.6 Å². The number of likely N-dealkylation sites (N-methyl/N-ethyl adjacent to an activating group) is 1. The smallest absolute Gasteiger partial charge is 0.241 e. The highest BCUT2D eigenvalue weighted by atomic mass is 16.2. The first-order valence-electron chi connectivity index (χ1n) is 6.72. The highest BCUT2D eigenvalue weighted by molar-refractivity contribution is 5.91. The molecule has 0 saturated carbocycles. The van der Waals surface area contributed by atoms with Crippen LogP contribution in [0.3, 0.4) is 0 Å². The topological polar surface area (TPSA) is 61.4 Å². The molecule has 1 rings (SSSR count). The van der Waals surface area contributed by atoms with Crippen molar-refractivity contribution in [2.45, 2.75) is 20.3 Å². The lowest BCUT2D eigenvalue weighted by atomic mass is 10.1. The molecule has 0 bridgehead atoms. The van der Waals surface area contributed by atoms with Crippen LogP contribution in [0.15, 0.2) is 24.3 Å². The molecule has 5 heteroatoms. The van der Waals surface area contributed by atoms with Crippen LogP contribution in [0.25, 0.3) is 0 Å². The Hall–Kier alpha value is -2.04. The molecular weight excluding hydrogens is 254 g/mol. The molecule has 1 aromatic rings. The maximum atomic E-state index is 11.6. The Balaban J connectivity index is 2.48. The highest BCUT2D eigenvalue weighted by Crippen LogP contribution is 2.14.